The normalized spacial score (nSPS) is 33.9. The molecule has 0 amide bonds. The van der Waals surface area contributed by atoms with Crippen molar-refractivity contribution < 1.29 is 24.0 Å². The molecule has 5 nitrogen and oxygen atoms in total. The molecule has 0 aromatic heterocycles. The van der Waals surface area contributed by atoms with Crippen molar-refractivity contribution in [1.82, 2.24) is 0 Å². The van der Waals surface area contributed by atoms with Gasteiger partial charge in [0.2, 0.25) is 0 Å². The van der Waals surface area contributed by atoms with Crippen molar-refractivity contribution in [3.63, 3.8) is 0 Å². The quantitative estimate of drug-likeness (QED) is 0.542. The van der Waals surface area contributed by atoms with Crippen LogP contribution in [0.5, 0.6) is 0 Å². The maximum Gasteiger partial charge on any atom is 0.511 e. The molecular weight excluding hydrogens is 260 g/mol. The third-order valence-corrected chi connectivity index (χ3v) is 4.01. The van der Waals surface area contributed by atoms with Crippen LogP contribution >= 0.6 is 0 Å². The van der Waals surface area contributed by atoms with Crippen LogP contribution in [0, 0.1) is 11.3 Å². The highest BCUT2D eigenvalue weighted by molar-refractivity contribution is 5.61. The van der Waals surface area contributed by atoms with Gasteiger partial charge in [-0.25, -0.2) is 9.68 Å². The van der Waals surface area contributed by atoms with Gasteiger partial charge in [0.15, 0.2) is 6.10 Å². The number of hydrogen-bond acceptors (Lipinski definition) is 5. The zero-order chi connectivity index (χ0) is 15.2. The van der Waals surface area contributed by atoms with Gasteiger partial charge >= 0.3 is 6.16 Å². The molecule has 0 radical (unpaired) electrons. The van der Waals surface area contributed by atoms with Crippen LogP contribution in [0.2, 0.25) is 0 Å². The summed E-state index contributed by atoms with van der Waals surface area (Å²) in [5.74, 6) is -0.406. The Balaban J connectivity index is 1.95. The molecule has 3 atom stereocenters. The summed E-state index contributed by atoms with van der Waals surface area (Å²) in [5.41, 5.74) is -0.354. The van der Waals surface area contributed by atoms with Gasteiger partial charge in [0.1, 0.15) is 5.60 Å². The molecule has 1 aliphatic carbocycles. The van der Waals surface area contributed by atoms with E-state index >= 15 is 0 Å². The largest absolute Gasteiger partial charge is 0.511 e. The summed E-state index contributed by atoms with van der Waals surface area (Å²) in [6.07, 6.45) is 1.56. The SMILES string of the molecule is CC(C)(C)OC(=O)OC12CCC(C(C)(C)C)CC1OO2. The zero-order valence-electron chi connectivity index (χ0n) is 13.3. The number of carbonyl (C=O) groups excluding carboxylic acids is 1. The molecule has 20 heavy (non-hydrogen) atoms. The molecule has 1 saturated carbocycles. The van der Waals surface area contributed by atoms with Crippen LogP contribution < -0.4 is 0 Å². The number of hydrogen-bond donors (Lipinski definition) is 0. The van der Waals surface area contributed by atoms with Crippen molar-refractivity contribution in [1.29, 1.82) is 0 Å². The highest BCUT2D eigenvalue weighted by Crippen LogP contribution is 2.49. The van der Waals surface area contributed by atoms with E-state index < -0.39 is 17.5 Å². The molecule has 0 aromatic carbocycles. The Kier molecular flexibility index (Phi) is 3.80. The topological polar surface area (TPSA) is 54.0 Å². The van der Waals surface area contributed by atoms with Gasteiger partial charge < -0.3 is 9.47 Å². The first-order chi connectivity index (χ1) is 9.02. The Morgan fingerprint density at radius 1 is 1.20 bits per heavy atom. The molecule has 5 heteroatoms. The number of carbonyl (C=O) groups is 1. The Bertz CT molecular complexity index is 379. The van der Waals surface area contributed by atoms with Crippen LogP contribution in [0.25, 0.3) is 0 Å². The zero-order valence-corrected chi connectivity index (χ0v) is 13.3. The molecule has 3 unspecified atom stereocenters. The van der Waals surface area contributed by atoms with Crippen LogP contribution in [-0.4, -0.2) is 23.6 Å². The Morgan fingerprint density at radius 2 is 1.85 bits per heavy atom. The van der Waals surface area contributed by atoms with Gasteiger partial charge in [-0.3, -0.25) is 0 Å². The van der Waals surface area contributed by atoms with E-state index in [1.54, 1.807) is 20.8 Å². The summed E-state index contributed by atoms with van der Waals surface area (Å²) in [7, 11) is 0. The average molecular weight is 286 g/mol. The van der Waals surface area contributed by atoms with Gasteiger partial charge in [0, 0.05) is 6.42 Å². The van der Waals surface area contributed by atoms with E-state index in [1.807, 2.05) is 0 Å². The van der Waals surface area contributed by atoms with E-state index in [9.17, 15) is 4.79 Å². The molecule has 2 aliphatic rings. The monoisotopic (exact) mass is 286 g/mol. The second-order valence-electron chi connectivity index (χ2n) is 7.88. The summed E-state index contributed by atoms with van der Waals surface area (Å²) in [6, 6.07) is 0. The molecule has 0 N–H and O–H groups in total. The molecule has 116 valence electrons. The summed E-state index contributed by atoms with van der Waals surface area (Å²) >= 11 is 0. The highest BCUT2D eigenvalue weighted by atomic mass is 17.3. The second kappa shape index (κ2) is 4.88. The third-order valence-electron chi connectivity index (χ3n) is 4.01. The van der Waals surface area contributed by atoms with E-state index in [1.165, 1.54) is 0 Å². The fraction of sp³-hybridized carbons (Fsp3) is 0.933. The van der Waals surface area contributed by atoms with Gasteiger partial charge in [-0.2, -0.15) is 4.89 Å². The molecule has 0 bridgehead atoms. The van der Waals surface area contributed by atoms with Gasteiger partial charge in [0.25, 0.3) is 5.79 Å². The highest BCUT2D eigenvalue weighted by Gasteiger charge is 2.59. The van der Waals surface area contributed by atoms with Crippen LogP contribution in [0.15, 0.2) is 0 Å². The lowest BCUT2D eigenvalue weighted by Crippen LogP contribution is -2.62. The average Bonchev–Trinajstić information content (AvgIpc) is 2.19. The fourth-order valence-electron chi connectivity index (χ4n) is 2.73. The molecule has 1 saturated heterocycles. The van der Waals surface area contributed by atoms with E-state index in [4.69, 9.17) is 19.2 Å². The van der Waals surface area contributed by atoms with Crippen molar-refractivity contribution >= 4 is 6.16 Å². The third kappa shape index (κ3) is 3.26. The number of fused-ring (bicyclic) bond motifs is 1. The number of rotatable bonds is 1. The first-order valence-electron chi connectivity index (χ1n) is 7.28. The lowest BCUT2D eigenvalue weighted by molar-refractivity contribution is -0.572. The first-order valence-corrected chi connectivity index (χ1v) is 7.28. The second-order valence-corrected chi connectivity index (χ2v) is 7.88. The molecule has 0 aromatic rings. The van der Waals surface area contributed by atoms with Crippen LogP contribution in [-0.2, 0) is 19.2 Å². The van der Waals surface area contributed by atoms with Gasteiger partial charge in [-0.05, 0) is 44.9 Å². The minimum Gasteiger partial charge on any atom is -0.428 e. The molecule has 1 aliphatic heterocycles. The molecular formula is C15H26O5. The van der Waals surface area contributed by atoms with Gasteiger partial charge in [-0.1, -0.05) is 20.8 Å². The van der Waals surface area contributed by atoms with Crippen LogP contribution in [0.1, 0.15) is 60.8 Å². The smallest absolute Gasteiger partial charge is 0.428 e. The van der Waals surface area contributed by atoms with Crippen molar-refractivity contribution in [2.75, 3.05) is 0 Å². The summed E-state index contributed by atoms with van der Waals surface area (Å²) in [6.45, 7) is 12.1. The lowest BCUT2D eigenvalue weighted by atomic mass is 9.69. The Morgan fingerprint density at radius 3 is 2.25 bits per heavy atom. The van der Waals surface area contributed by atoms with Crippen LogP contribution in [0.3, 0.4) is 0 Å². The predicted molar refractivity (Wildman–Crippen MR) is 72.8 cm³/mol. The maximum absolute atomic E-state index is 11.8. The number of ether oxygens (including phenoxy) is 2. The minimum atomic E-state index is -0.940. The molecule has 1 heterocycles. The summed E-state index contributed by atoms with van der Waals surface area (Å²) < 4.78 is 10.6. The molecule has 2 fully saturated rings. The van der Waals surface area contributed by atoms with Crippen molar-refractivity contribution in [2.45, 2.75) is 78.3 Å². The van der Waals surface area contributed by atoms with E-state index in [-0.39, 0.29) is 11.5 Å². The Hall–Kier alpha value is -0.810. The fourth-order valence-corrected chi connectivity index (χ4v) is 2.73. The van der Waals surface area contributed by atoms with E-state index in [2.05, 4.69) is 20.8 Å². The van der Waals surface area contributed by atoms with E-state index in [0.29, 0.717) is 12.3 Å². The van der Waals surface area contributed by atoms with Crippen LogP contribution in [0.4, 0.5) is 4.79 Å². The van der Waals surface area contributed by atoms with Crippen molar-refractivity contribution in [3.05, 3.63) is 0 Å². The first kappa shape index (κ1) is 15.6. The molecule has 0 spiro atoms. The van der Waals surface area contributed by atoms with E-state index in [0.717, 1.165) is 12.8 Å². The standard InChI is InChI=1S/C15H26O5/c1-13(2,3)10-7-8-15(11(9-10)19-20-15)18-12(16)17-14(4,5)6/h10-11H,7-9H2,1-6H3. The van der Waals surface area contributed by atoms with Gasteiger partial charge in [-0.15, -0.1) is 0 Å². The van der Waals surface area contributed by atoms with Crippen molar-refractivity contribution in [2.24, 2.45) is 11.3 Å². The van der Waals surface area contributed by atoms with Crippen molar-refractivity contribution in [3.8, 4) is 0 Å². The summed E-state index contributed by atoms with van der Waals surface area (Å²) in [5, 5.41) is 0. The molecule has 2 rings (SSSR count). The Labute approximate surface area is 120 Å². The maximum atomic E-state index is 11.8. The lowest BCUT2D eigenvalue weighted by Gasteiger charge is -2.51. The minimum absolute atomic E-state index is 0.187. The van der Waals surface area contributed by atoms with Gasteiger partial charge in [0.05, 0.1) is 0 Å². The predicted octanol–water partition coefficient (Wildman–Crippen LogP) is 3.81. The summed E-state index contributed by atoms with van der Waals surface area (Å²) in [4.78, 5) is 22.1.